The third-order valence-corrected chi connectivity index (χ3v) is 4.04. The Morgan fingerprint density at radius 3 is 2.43 bits per heavy atom. The second kappa shape index (κ2) is 6.68. The Morgan fingerprint density at radius 1 is 1.21 bits per heavy atom. The molecule has 84 valence electrons. The molecule has 0 spiro atoms. The van der Waals surface area contributed by atoms with Crippen LogP contribution in [0.4, 0.5) is 0 Å². The van der Waals surface area contributed by atoms with E-state index in [-0.39, 0.29) is 0 Å². The summed E-state index contributed by atoms with van der Waals surface area (Å²) >= 11 is 5.83. The number of rotatable bonds is 5. The van der Waals surface area contributed by atoms with Gasteiger partial charge in [-0.2, -0.15) is 0 Å². The summed E-state index contributed by atoms with van der Waals surface area (Å²) in [6.07, 6.45) is 7.17. The summed E-state index contributed by atoms with van der Waals surface area (Å²) < 4.78 is 0. The van der Waals surface area contributed by atoms with Gasteiger partial charge in [-0.3, -0.25) is 0 Å². The highest BCUT2D eigenvalue weighted by atomic mass is 35.5. The van der Waals surface area contributed by atoms with Crippen molar-refractivity contribution in [2.45, 2.75) is 52.0 Å². The molecule has 1 aliphatic rings. The van der Waals surface area contributed by atoms with Crippen molar-refractivity contribution in [1.29, 1.82) is 0 Å². The Balaban J connectivity index is 2.12. The Bertz CT molecular complexity index is 141. The lowest BCUT2D eigenvalue weighted by Crippen LogP contribution is -2.36. The first kappa shape index (κ1) is 12.3. The summed E-state index contributed by atoms with van der Waals surface area (Å²) in [6.45, 7) is 5.66. The maximum atomic E-state index is 5.83. The van der Waals surface area contributed by atoms with Crippen LogP contribution in [0.1, 0.15) is 46.0 Å². The van der Waals surface area contributed by atoms with Crippen molar-refractivity contribution in [1.82, 2.24) is 5.32 Å². The molecule has 0 aromatic rings. The van der Waals surface area contributed by atoms with Gasteiger partial charge in [0.15, 0.2) is 0 Å². The molecular formula is C12H24ClN. The molecule has 2 atom stereocenters. The molecule has 1 aliphatic carbocycles. The van der Waals surface area contributed by atoms with E-state index >= 15 is 0 Å². The summed E-state index contributed by atoms with van der Waals surface area (Å²) in [7, 11) is 0. The predicted octanol–water partition coefficient (Wildman–Crippen LogP) is 3.42. The minimum absolute atomic E-state index is 0.564. The van der Waals surface area contributed by atoms with Gasteiger partial charge in [-0.15, -0.1) is 11.6 Å². The largest absolute Gasteiger partial charge is 0.314 e. The van der Waals surface area contributed by atoms with E-state index in [4.69, 9.17) is 11.6 Å². The van der Waals surface area contributed by atoms with Crippen molar-refractivity contribution in [2.75, 3.05) is 12.4 Å². The molecule has 1 saturated carbocycles. The van der Waals surface area contributed by atoms with Crippen LogP contribution in [0, 0.1) is 11.8 Å². The lowest BCUT2D eigenvalue weighted by molar-refractivity contribution is 0.313. The van der Waals surface area contributed by atoms with Crippen LogP contribution in [0.3, 0.4) is 0 Å². The normalized spacial score (nSPS) is 23.4. The van der Waals surface area contributed by atoms with Crippen molar-refractivity contribution in [3.8, 4) is 0 Å². The summed E-state index contributed by atoms with van der Waals surface area (Å²) in [6, 6.07) is 0.564. The third-order valence-electron chi connectivity index (χ3n) is 3.55. The van der Waals surface area contributed by atoms with Crippen LogP contribution in [0.25, 0.3) is 0 Å². The molecule has 1 nitrogen and oxygen atoms in total. The van der Waals surface area contributed by atoms with Crippen LogP contribution in [0.5, 0.6) is 0 Å². The Hall–Kier alpha value is 0.250. The molecule has 1 fully saturated rings. The van der Waals surface area contributed by atoms with Gasteiger partial charge in [-0.1, -0.05) is 26.2 Å². The zero-order valence-corrected chi connectivity index (χ0v) is 10.3. The van der Waals surface area contributed by atoms with E-state index in [2.05, 4.69) is 19.2 Å². The molecule has 0 bridgehead atoms. The van der Waals surface area contributed by atoms with E-state index in [1.54, 1.807) is 0 Å². The first-order valence-corrected chi connectivity index (χ1v) is 6.57. The fourth-order valence-electron chi connectivity index (χ4n) is 2.08. The van der Waals surface area contributed by atoms with Gasteiger partial charge >= 0.3 is 0 Å². The maximum absolute atomic E-state index is 5.83. The van der Waals surface area contributed by atoms with Crippen LogP contribution >= 0.6 is 11.6 Å². The fourth-order valence-corrected chi connectivity index (χ4v) is 2.35. The number of nitrogens with one attached hydrogen (secondary N) is 1. The van der Waals surface area contributed by atoms with Crippen molar-refractivity contribution in [3.05, 3.63) is 0 Å². The van der Waals surface area contributed by atoms with Crippen molar-refractivity contribution < 1.29 is 0 Å². The van der Waals surface area contributed by atoms with E-state index < -0.39 is 0 Å². The smallest absolute Gasteiger partial charge is 0.0263 e. The highest BCUT2D eigenvalue weighted by Gasteiger charge is 2.16. The zero-order valence-electron chi connectivity index (χ0n) is 9.56. The molecule has 0 radical (unpaired) electrons. The number of alkyl halides is 1. The van der Waals surface area contributed by atoms with E-state index in [1.807, 2.05) is 0 Å². The SMILES string of the molecule is CC(CCl)C(C)NCC1CCCCC1. The quantitative estimate of drug-likeness (QED) is 0.696. The van der Waals surface area contributed by atoms with Gasteiger partial charge in [-0.05, 0) is 38.1 Å². The second-order valence-corrected chi connectivity index (χ2v) is 5.14. The number of halogens is 1. The minimum atomic E-state index is 0.564. The molecule has 0 aromatic heterocycles. The van der Waals surface area contributed by atoms with Gasteiger partial charge in [0.25, 0.3) is 0 Å². The van der Waals surface area contributed by atoms with E-state index in [0.29, 0.717) is 12.0 Å². The lowest BCUT2D eigenvalue weighted by atomic mass is 9.89. The summed E-state index contributed by atoms with van der Waals surface area (Å²) in [4.78, 5) is 0. The number of hydrogen-bond acceptors (Lipinski definition) is 1. The highest BCUT2D eigenvalue weighted by molar-refractivity contribution is 6.18. The lowest BCUT2D eigenvalue weighted by Gasteiger charge is -2.26. The Morgan fingerprint density at radius 2 is 1.86 bits per heavy atom. The van der Waals surface area contributed by atoms with Gasteiger partial charge in [-0.25, -0.2) is 0 Å². The second-order valence-electron chi connectivity index (χ2n) is 4.83. The number of hydrogen-bond donors (Lipinski definition) is 1. The average molecular weight is 218 g/mol. The van der Waals surface area contributed by atoms with Crippen molar-refractivity contribution in [3.63, 3.8) is 0 Å². The van der Waals surface area contributed by atoms with Gasteiger partial charge in [0.05, 0.1) is 0 Å². The molecule has 0 saturated heterocycles. The topological polar surface area (TPSA) is 12.0 Å². The van der Waals surface area contributed by atoms with Gasteiger partial charge in [0.2, 0.25) is 0 Å². The summed E-state index contributed by atoms with van der Waals surface area (Å²) in [5.41, 5.74) is 0. The average Bonchev–Trinajstić information content (AvgIpc) is 2.26. The minimum Gasteiger partial charge on any atom is -0.314 e. The molecule has 2 unspecified atom stereocenters. The monoisotopic (exact) mass is 217 g/mol. The molecule has 2 heteroatoms. The summed E-state index contributed by atoms with van der Waals surface area (Å²) in [5, 5.41) is 3.62. The Kier molecular flexibility index (Phi) is 5.88. The summed E-state index contributed by atoms with van der Waals surface area (Å²) in [5.74, 6) is 2.27. The van der Waals surface area contributed by atoms with Crippen LogP contribution in [-0.4, -0.2) is 18.5 Å². The molecule has 0 heterocycles. The van der Waals surface area contributed by atoms with Crippen LogP contribution in [0.2, 0.25) is 0 Å². The third kappa shape index (κ3) is 4.18. The van der Waals surface area contributed by atoms with Gasteiger partial charge < -0.3 is 5.32 Å². The van der Waals surface area contributed by atoms with Crippen molar-refractivity contribution >= 4 is 11.6 Å². The Labute approximate surface area is 93.6 Å². The predicted molar refractivity (Wildman–Crippen MR) is 63.9 cm³/mol. The first-order chi connectivity index (χ1) is 6.74. The molecule has 1 rings (SSSR count). The van der Waals surface area contributed by atoms with Crippen LogP contribution < -0.4 is 5.32 Å². The highest BCUT2D eigenvalue weighted by Crippen LogP contribution is 2.23. The van der Waals surface area contributed by atoms with Crippen LogP contribution in [-0.2, 0) is 0 Å². The van der Waals surface area contributed by atoms with E-state index in [1.165, 1.54) is 38.6 Å². The zero-order chi connectivity index (χ0) is 10.4. The van der Waals surface area contributed by atoms with E-state index in [0.717, 1.165) is 11.8 Å². The first-order valence-electron chi connectivity index (χ1n) is 6.03. The van der Waals surface area contributed by atoms with E-state index in [9.17, 15) is 0 Å². The van der Waals surface area contributed by atoms with Gasteiger partial charge in [0.1, 0.15) is 0 Å². The fraction of sp³-hybridized carbons (Fsp3) is 1.00. The maximum Gasteiger partial charge on any atom is 0.0263 e. The van der Waals surface area contributed by atoms with Gasteiger partial charge in [0, 0.05) is 11.9 Å². The molecule has 0 aliphatic heterocycles. The molecular weight excluding hydrogens is 194 g/mol. The molecule has 1 N–H and O–H groups in total. The molecule has 14 heavy (non-hydrogen) atoms. The standard InChI is InChI=1S/C12H24ClN/c1-10(8-13)11(2)14-9-12-6-4-3-5-7-12/h10-12,14H,3-9H2,1-2H3. The van der Waals surface area contributed by atoms with Crippen molar-refractivity contribution in [2.24, 2.45) is 11.8 Å². The molecule has 0 amide bonds. The van der Waals surface area contributed by atoms with Crippen LogP contribution in [0.15, 0.2) is 0 Å². The molecule has 0 aromatic carbocycles.